The Morgan fingerprint density at radius 3 is 2.46 bits per heavy atom. The number of amides is 1. The third-order valence-electron chi connectivity index (χ3n) is 4.53. The smallest absolute Gasteiger partial charge is 0.255 e. The maximum atomic E-state index is 12.5. The van der Waals surface area contributed by atoms with Crippen LogP contribution < -0.4 is 5.32 Å². The van der Waals surface area contributed by atoms with Crippen molar-refractivity contribution in [3.63, 3.8) is 0 Å². The second-order valence-corrected chi connectivity index (χ2v) is 9.15. The number of hydrogen-bond acceptors (Lipinski definition) is 4. The van der Waals surface area contributed by atoms with E-state index in [0.29, 0.717) is 18.7 Å². The highest BCUT2D eigenvalue weighted by Crippen LogP contribution is 2.25. The van der Waals surface area contributed by atoms with E-state index in [1.165, 1.54) is 21.1 Å². The molecule has 0 bridgehead atoms. The molecule has 0 radical (unpaired) electrons. The summed E-state index contributed by atoms with van der Waals surface area (Å²) in [4.78, 5) is 12.7. The molecule has 2 aromatic carbocycles. The second kappa shape index (κ2) is 6.83. The molecular formula is C19H18N2O3S2. The van der Waals surface area contributed by atoms with Gasteiger partial charge in [-0.15, -0.1) is 11.3 Å². The molecule has 3 aromatic rings. The minimum absolute atomic E-state index is 0.232. The molecule has 5 nitrogen and oxygen atoms in total. The van der Waals surface area contributed by atoms with Crippen molar-refractivity contribution in [3.05, 3.63) is 59.5 Å². The molecule has 2 heterocycles. The molecule has 1 aliphatic heterocycles. The Balaban J connectivity index is 1.51. The van der Waals surface area contributed by atoms with Gasteiger partial charge < -0.3 is 5.32 Å². The zero-order valence-corrected chi connectivity index (χ0v) is 15.6. The molecular weight excluding hydrogens is 368 g/mol. The van der Waals surface area contributed by atoms with Gasteiger partial charge in [-0.2, -0.15) is 4.31 Å². The molecule has 1 aromatic heterocycles. The number of thiophene rings is 1. The molecule has 1 aliphatic rings. The molecule has 134 valence electrons. The SMILES string of the molecule is O=C(Nc1ccc2sccc2c1)c1ccc(S(=O)(=O)N2CCCC2)cc1. The monoisotopic (exact) mass is 386 g/mol. The summed E-state index contributed by atoms with van der Waals surface area (Å²) in [7, 11) is -3.46. The van der Waals surface area contributed by atoms with Crippen LogP contribution in [0, 0.1) is 0 Å². The number of anilines is 1. The van der Waals surface area contributed by atoms with Crippen molar-refractivity contribution in [3.8, 4) is 0 Å². The molecule has 0 aliphatic carbocycles. The molecule has 0 spiro atoms. The van der Waals surface area contributed by atoms with Crippen LogP contribution in [-0.2, 0) is 10.0 Å². The van der Waals surface area contributed by atoms with E-state index in [1.54, 1.807) is 23.5 Å². The van der Waals surface area contributed by atoms with E-state index in [1.807, 2.05) is 29.6 Å². The zero-order chi connectivity index (χ0) is 18.1. The van der Waals surface area contributed by atoms with Crippen LogP contribution in [0.4, 0.5) is 5.69 Å². The zero-order valence-electron chi connectivity index (χ0n) is 14.0. The molecule has 26 heavy (non-hydrogen) atoms. The fourth-order valence-electron chi connectivity index (χ4n) is 3.10. The van der Waals surface area contributed by atoms with Gasteiger partial charge in [-0.1, -0.05) is 0 Å². The van der Waals surface area contributed by atoms with Crippen LogP contribution in [0.5, 0.6) is 0 Å². The maximum absolute atomic E-state index is 12.5. The number of fused-ring (bicyclic) bond motifs is 1. The van der Waals surface area contributed by atoms with Gasteiger partial charge in [0, 0.05) is 29.0 Å². The predicted octanol–water partition coefficient (Wildman–Crippen LogP) is 3.94. The number of hydrogen-bond donors (Lipinski definition) is 1. The number of sulfonamides is 1. The molecule has 7 heteroatoms. The lowest BCUT2D eigenvalue weighted by Gasteiger charge is -2.15. The summed E-state index contributed by atoms with van der Waals surface area (Å²) in [6.07, 6.45) is 1.79. The van der Waals surface area contributed by atoms with Gasteiger partial charge in [0.05, 0.1) is 4.90 Å². The van der Waals surface area contributed by atoms with Crippen LogP contribution in [0.25, 0.3) is 10.1 Å². The lowest BCUT2D eigenvalue weighted by molar-refractivity contribution is 0.102. The van der Waals surface area contributed by atoms with Gasteiger partial charge in [-0.25, -0.2) is 8.42 Å². The van der Waals surface area contributed by atoms with Gasteiger partial charge in [-0.05, 0) is 72.1 Å². The van der Waals surface area contributed by atoms with Gasteiger partial charge in [0.15, 0.2) is 0 Å². The standard InChI is InChI=1S/C19H18N2O3S2/c22-19(20-16-5-8-18-15(13-16)9-12-25-18)14-3-6-17(7-4-14)26(23,24)21-10-1-2-11-21/h3-9,12-13H,1-2,10-11H2,(H,20,22). The van der Waals surface area contributed by atoms with E-state index in [-0.39, 0.29) is 10.8 Å². The summed E-state index contributed by atoms with van der Waals surface area (Å²) in [6.45, 7) is 1.13. The first-order valence-corrected chi connectivity index (χ1v) is 10.7. The van der Waals surface area contributed by atoms with E-state index in [0.717, 1.165) is 23.9 Å². The van der Waals surface area contributed by atoms with Crippen molar-refractivity contribution in [1.82, 2.24) is 4.31 Å². The van der Waals surface area contributed by atoms with Gasteiger partial charge in [0.2, 0.25) is 10.0 Å². The number of nitrogens with zero attached hydrogens (tertiary/aromatic N) is 1. The number of nitrogens with one attached hydrogen (secondary N) is 1. The minimum atomic E-state index is -3.46. The third-order valence-corrected chi connectivity index (χ3v) is 7.34. The average molecular weight is 386 g/mol. The van der Waals surface area contributed by atoms with Crippen LogP contribution in [0.15, 0.2) is 58.8 Å². The fraction of sp³-hybridized carbons (Fsp3) is 0.211. The van der Waals surface area contributed by atoms with E-state index in [4.69, 9.17) is 0 Å². The van der Waals surface area contributed by atoms with Gasteiger partial charge >= 0.3 is 0 Å². The third kappa shape index (κ3) is 3.25. The summed E-state index contributed by atoms with van der Waals surface area (Å²) >= 11 is 1.65. The largest absolute Gasteiger partial charge is 0.322 e. The Hall–Kier alpha value is -2.22. The molecule has 0 atom stereocenters. The van der Waals surface area contributed by atoms with Crippen LogP contribution in [0.1, 0.15) is 23.2 Å². The van der Waals surface area contributed by atoms with Gasteiger partial charge in [0.25, 0.3) is 5.91 Å². The van der Waals surface area contributed by atoms with Crippen molar-refractivity contribution in [2.45, 2.75) is 17.7 Å². The Labute approximate surface area is 156 Å². The first-order chi connectivity index (χ1) is 12.5. The van der Waals surface area contributed by atoms with Gasteiger partial charge in [-0.3, -0.25) is 4.79 Å². The highest BCUT2D eigenvalue weighted by Gasteiger charge is 2.27. The van der Waals surface area contributed by atoms with Crippen molar-refractivity contribution < 1.29 is 13.2 Å². The fourth-order valence-corrected chi connectivity index (χ4v) is 5.39. The van der Waals surface area contributed by atoms with Crippen molar-refractivity contribution in [1.29, 1.82) is 0 Å². The second-order valence-electron chi connectivity index (χ2n) is 6.26. The molecule has 1 fully saturated rings. The summed E-state index contributed by atoms with van der Waals surface area (Å²) < 4.78 is 27.7. The Morgan fingerprint density at radius 1 is 1.00 bits per heavy atom. The Morgan fingerprint density at radius 2 is 1.73 bits per heavy atom. The number of carbonyl (C=O) groups is 1. The highest BCUT2D eigenvalue weighted by atomic mass is 32.2. The lowest BCUT2D eigenvalue weighted by atomic mass is 10.2. The maximum Gasteiger partial charge on any atom is 0.255 e. The minimum Gasteiger partial charge on any atom is -0.322 e. The number of benzene rings is 2. The summed E-state index contributed by atoms with van der Waals surface area (Å²) in [5, 5.41) is 5.95. The molecule has 1 amide bonds. The van der Waals surface area contributed by atoms with E-state index >= 15 is 0 Å². The average Bonchev–Trinajstić information content (AvgIpc) is 3.33. The first kappa shape index (κ1) is 17.2. The van der Waals surface area contributed by atoms with Crippen LogP contribution in [-0.4, -0.2) is 31.7 Å². The van der Waals surface area contributed by atoms with E-state index in [2.05, 4.69) is 5.32 Å². The Bertz CT molecular complexity index is 1050. The lowest BCUT2D eigenvalue weighted by Crippen LogP contribution is -2.27. The number of carbonyl (C=O) groups excluding carboxylic acids is 1. The first-order valence-electron chi connectivity index (χ1n) is 8.43. The van der Waals surface area contributed by atoms with E-state index in [9.17, 15) is 13.2 Å². The summed E-state index contributed by atoms with van der Waals surface area (Å²) in [6, 6.07) is 13.9. The summed E-state index contributed by atoms with van der Waals surface area (Å²) in [5.41, 5.74) is 1.14. The van der Waals surface area contributed by atoms with Crippen molar-refractivity contribution in [2.24, 2.45) is 0 Å². The topological polar surface area (TPSA) is 66.5 Å². The van der Waals surface area contributed by atoms with Crippen LogP contribution in [0.3, 0.4) is 0 Å². The van der Waals surface area contributed by atoms with Crippen LogP contribution in [0.2, 0.25) is 0 Å². The van der Waals surface area contributed by atoms with Gasteiger partial charge in [0.1, 0.15) is 0 Å². The molecule has 1 N–H and O–H groups in total. The van der Waals surface area contributed by atoms with Crippen molar-refractivity contribution >= 4 is 43.0 Å². The van der Waals surface area contributed by atoms with Crippen LogP contribution >= 0.6 is 11.3 Å². The molecule has 0 saturated carbocycles. The Kier molecular flexibility index (Phi) is 4.52. The highest BCUT2D eigenvalue weighted by molar-refractivity contribution is 7.89. The summed E-state index contributed by atoms with van der Waals surface area (Å²) in [5.74, 6) is -0.260. The normalized spacial score (nSPS) is 15.4. The predicted molar refractivity (Wildman–Crippen MR) is 104 cm³/mol. The molecule has 0 unspecified atom stereocenters. The quantitative estimate of drug-likeness (QED) is 0.739. The van der Waals surface area contributed by atoms with E-state index < -0.39 is 10.0 Å². The number of rotatable bonds is 4. The molecule has 4 rings (SSSR count). The van der Waals surface area contributed by atoms with Crippen molar-refractivity contribution in [2.75, 3.05) is 18.4 Å². The molecule has 1 saturated heterocycles.